The SMILES string of the molecule is NC(=O)NCc1ccc(C(=O)N[C@@H]2CCN(Cc3ccccc3)C2)cc1. The third-order valence-electron chi connectivity index (χ3n) is 4.54. The van der Waals surface area contributed by atoms with E-state index in [1.54, 1.807) is 12.1 Å². The first-order valence-electron chi connectivity index (χ1n) is 8.79. The van der Waals surface area contributed by atoms with Gasteiger partial charge >= 0.3 is 6.03 Å². The standard InChI is InChI=1S/C20H24N4O2/c21-20(26)22-12-15-6-8-17(9-7-15)19(25)23-18-10-11-24(14-18)13-16-4-2-1-3-5-16/h1-9,18H,10-14H2,(H,23,25)(H3,21,22,26)/t18-/m1/s1. The Morgan fingerprint density at radius 3 is 2.46 bits per heavy atom. The molecule has 0 bridgehead atoms. The molecule has 1 aliphatic rings. The monoisotopic (exact) mass is 352 g/mol. The lowest BCUT2D eigenvalue weighted by atomic mass is 10.1. The van der Waals surface area contributed by atoms with E-state index in [0.717, 1.165) is 31.6 Å². The lowest BCUT2D eigenvalue weighted by Crippen LogP contribution is -2.37. The van der Waals surface area contributed by atoms with Gasteiger partial charge < -0.3 is 16.4 Å². The highest BCUT2D eigenvalue weighted by Crippen LogP contribution is 2.14. The number of likely N-dealkylation sites (tertiary alicyclic amines) is 1. The van der Waals surface area contributed by atoms with Crippen LogP contribution in [-0.4, -0.2) is 36.0 Å². The van der Waals surface area contributed by atoms with Crippen molar-refractivity contribution < 1.29 is 9.59 Å². The molecular formula is C20H24N4O2. The molecule has 0 aliphatic carbocycles. The zero-order valence-corrected chi connectivity index (χ0v) is 14.7. The Morgan fingerprint density at radius 2 is 1.77 bits per heavy atom. The molecule has 1 aliphatic heterocycles. The van der Waals surface area contributed by atoms with Gasteiger partial charge in [-0.3, -0.25) is 9.69 Å². The number of nitrogens with one attached hydrogen (secondary N) is 2. The van der Waals surface area contributed by atoms with Crippen molar-refractivity contribution in [3.05, 3.63) is 71.3 Å². The number of hydrogen-bond acceptors (Lipinski definition) is 3. The molecule has 1 fully saturated rings. The number of rotatable bonds is 6. The quantitative estimate of drug-likeness (QED) is 0.741. The number of nitrogens with zero attached hydrogens (tertiary/aromatic N) is 1. The van der Waals surface area contributed by atoms with Crippen LogP contribution in [0.2, 0.25) is 0 Å². The topological polar surface area (TPSA) is 87.5 Å². The van der Waals surface area contributed by atoms with Crippen molar-refractivity contribution in [2.24, 2.45) is 5.73 Å². The Bertz CT molecular complexity index is 746. The number of hydrogen-bond donors (Lipinski definition) is 3. The first-order chi connectivity index (χ1) is 12.6. The van der Waals surface area contributed by atoms with Gasteiger partial charge in [0.05, 0.1) is 0 Å². The summed E-state index contributed by atoms with van der Waals surface area (Å²) in [5.41, 5.74) is 7.86. The van der Waals surface area contributed by atoms with Crippen LogP contribution in [0.25, 0.3) is 0 Å². The van der Waals surface area contributed by atoms with E-state index in [9.17, 15) is 9.59 Å². The van der Waals surface area contributed by atoms with Crippen molar-refractivity contribution in [3.8, 4) is 0 Å². The fourth-order valence-corrected chi connectivity index (χ4v) is 3.17. The van der Waals surface area contributed by atoms with Gasteiger partial charge in [-0.2, -0.15) is 0 Å². The summed E-state index contributed by atoms with van der Waals surface area (Å²) in [6.45, 7) is 3.11. The highest BCUT2D eigenvalue weighted by atomic mass is 16.2. The molecule has 2 aromatic carbocycles. The average molecular weight is 352 g/mol. The van der Waals surface area contributed by atoms with Gasteiger partial charge in [-0.05, 0) is 29.7 Å². The van der Waals surface area contributed by atoms with Crippen LogP contribution < -0.4 is 16.4 Å². The average Bonchev–Trinajstić information content (AvgIpc) is 3.08. The number of benzene rings is 2. The fraction of sp³-hybridized carbons (Fsp3) is 0.300. The van der Waals surface area contributed by atoms with Crippen LogP contribution in [0.1, 0.15) is 27.9 Å². The summed E-state index contributed by atoms with van der Waals surface area (Å²) in [5, 5.41) is 5.64. The van der Waals surface area contributed by atoms with Crippen LogP contribution in [0.3, 0.4) is 0 Å². The Kier molecular flexibility index (Phi) is 5.86. The van der Waals surface area contributed by atoms with Crippen LogP contribution in [-0.2, 0) is 13.1 Å². The van der Waals surface area contributed by atoms with Gasteiger partial charge in [0.1, 0.15) is 0 Å². The highest BCUT2D eigenvalue weighted by molar-refractivity contribution is 5.94. The number of carbonyl (C=O) groups is 2. The smallest absolute Gasteiger partial charge is 0.312 e. The summed E-state index contributed by atoms with van der Waals surface area (Å²) >= 11 is 0. The minimum absolute atomic E-state index is 0.0639. The first kappa shape index (κ1) is 17.9. The molecule has 26 heavy (non-hydrogen) atoms. The van der Waals surface area contributed by atoms with Gasteiger partial charge in [-0.1, -0.05) is 42.5 Å². The highest BCUT2D eigenvalue weighted by Gasteiger charge is 2.24. The van der Waals surface area contributed by atoms with E-state index in [-0.39, 0.29) is 11.9 Å². The Hall–Kier alpha value is -2.86. The molecule has 3 rings (SSSR count). The lowest BCUT2D eigenvalue weighted by molar-refractivity contribution is 0.0937. The molecule has 0 unspecified atom stereocenters. The molecule has 1 atom stereocenters. The fourth-order valence-electron chi connectivity index (χ4n) is 3.17. The molecule has 1 heterocycles. The molecule has 1 saturated heterocycles. The van der Waals surface area contributed by atoms with Gasteiger partial charge in [0.15, 0.2) is 0 Å². The van der Waals surface area contributed by atoms with E-state index in [4.69, 9.17) is 5.73 Å². The van der Waals surface area contributed by atoms with Crippen molar-refractivity contribution >= 4 is 11.9 Å². The van der Waals surface area contributed by atoms with Gasteiger partial charge in [-0.15, -0.1) is 0 Å². The second-order valence-corrected chi connectivity index (χ2v) is 6.59. The zero-order chi connectivity index (χ0) is 18.4. The molecule has 3 amide bonds. The maximum Gasteiger partial charge on any atom is 0.312 e. The summed E-state index contributed by atoms with van der Waals surface area (Å²) in [6.07, 6.45) is 0.958. The number of urea groups is 1. The van der Waals surface area contributed by atoms with Crippen LogP contribution in [0.4, 0.5) is 4.79 Å². The zero-order valence-electron chi connectivity index (χ0n) is 14.7. The van der Waals surface area contributed by atoms with Crippen LogP contribution in [0, 0.1) is 0 Å². The normalized spacial score (nSPS) is 17.0. The Morgan fingerprint density at radius 1 is 1.04 bits per heavy atom. The summed E-state index contributed by atoms with van der Waals surface area (Å²) in [6, 6.07) is 17.2. The van der Waals surface area contributed by atoms with Gasteiger partial charge in [-0.25, -0.2) is 4.79 Å². The molecule has 136 valence electrons. The Labute approximate surface area is 153 Å². The molecule has 4 N–H and O–H groups in total. The molecule has 0 saturated carbocycles. The van der Waals surface area contributed by atoms with Gasteiger partial charge in [0.2, 0.25) is 0 Å². The molecule has 0 radical (unpaired) electrons. The number of carbonyl (C=O) groups excluding carboxylic acids is 2. The van der Waals surface area contributed by atoms with Crippen molar-refractivity contribution in [1.82, 2.24) is 15.5 Å². The van der Waals surface area contributed by atoms with Crippen molar-refractivity contribution in [2.45, 2.75) is 25.6 Å². The van der Waals surface area contributed by atoms with Crippen LogP contribution in [0.5, 0.6) is 0 Å². The van der Waals surface area contributed by atoms with Gasteiger partial charge in [0, 0.05) is 37.8 Å². The molecular weight excluding hydrogens is 328 g/mol. The lowest BCUT2D eigenvalue weighted by Gasteiger charge is -2.17. The van der Waals surface area contributed by atoms with E-state index in [1.807, 2.05) is 30.3 Å². The van der Waals surface area contributed by atoms with E-state index in [0.29, 0.717) is 12.1 Å². The number of nitrogens with two attached hydrogens (primary N) is 1. The predicted molar refractivity (Wildman–Crippen MR) is 100 cm³/mol. The minimum Gasteiger partial charge on any atom is -0.352 e. The third-order valence-corrected chi connectivity index (χ3v) is 4.54. The predicted octanol–water partition coefficient (Wildman–Crippen LogP) is 1.86. The van der Waals surface area contributed by atoms with Crippen LogP contribution >= 0.6 is 0 Å². The molecule has 6 nitrogen and oxygen atoms in total. The second kappa shape index (κ2) is 8.49. The van der Waals surface area contributed by atoms with E-state index in [2.05, 4.69) is 27.7 Å². The van der Waals surface area contributed by atoms with E-state index >= 15 is 0 Å². The summed E-state index contributed by atoms with van der Waals surface area (Å²) in [4.78, 5) is 25.5. The largest absolute Gasteiger partial charge is 0.352 e. The number of amides is 3. The van der Waals surface area contributed by atoms with Crippen molar-refractivity contribution in [2.75, 3.05) is 13.1 Å². The van der Waals surface area contributed by atoms with E-state index < -0.39 is 6.03 Å². The van der Waals surface area contributed by atoms with Crippen LogP contribution in [0.15, 0.2) is 54.6 Å². The minimum atomic E-state index is -0.562. The van der Waals surface area contributed by atoms with Gasteiger partial charge in [0.25, 0.3) is 5.91 Å². The number of primary amides is 1. The Balaban J connectivity index is 1.48. The first-order valence-corrected chi connectivity index (χ1v) is 8.79. The molecule has 6 heteroatoms. The molecule has 0 spiro atoms. The third kappa shape index (κ3) is 5.07. The van der Waals surface area contributed by atoms with Crippen molar-refractivity contribution in [1.29, 1.82) is 0 Å². The molecule has 0 aromatic heterocycles. The second-order valence-electron chi connectivity index (χ2n) is 6.59. The van der Waals surface area contributed by atoms with E-state index in [1.165, 1.54) is 5.56 Å². The summed E-state index contributed by atoms with van der Waals surface area (Å²) < 4.78 is 0. The molecule has 2 aromatic rings. The maximum absolute atomic E-state index is 12.4. The maximum atomic E-state index is 12.4. The summed E-state index contributed by atoms with van der Waals surface area (Å²) in [7, 11) is 0. The van der Waals surface area contributed by atoms with Crippen molar-refractivity contribution in [3.63, 3.8) is 0 Å². The summed E-state index contributed by atoms with van der Waals surface area (Å²) in [5.74, 6) is -0.0639.